The zero-order chi connectivity index (χ0) is 20.0. The fraction of sp³-hybridized carbons (Fsp3) is 0.478. The highest BCUT2D eigenvalue weighted by atomic mass is 127. The van der Waals surface area contributed by atoms with Crippen LogP contribution in [0.25, 0.3) is 0 Å². The number of benzene rings is 2. The Bertz CT molecular complexity index is 680. The zero-order valence-electron chi connectivity index (χ0n) is 17.3. The number of rotatable bonds is 8. The first-order valence-corrected chi connectivity index (χ1v) is 11.1. The summed E-state index contributed by atoms with van der Waals surface area (Å²) >= 11 is 2.38. The van der Waals surface area contributed by atoms with Crippen molar-refractivity contribution >= 4 is 22.6 Å². The van der Waals surface area contributed by atoms with Gasteiger partial charge in [0.2, 0.25) is 0 Å². The summed E-state index contributed by atoms with van der Waals surface area (Å²) in [5, 5.41) is 1.72. The second kappa shape index (κ2) is 10.0. The van der Waals surface area contributed by atoms with Crippen LogP contribution in [0.3, 0.4) is 0 Å². The predicted octanol–water partition coefficient (Wildman–Crippen LogP) is 7.04. The molecule has 0 radical (unpaired) electrons. The highest BCUT2D eigenvalue weighted by Crippen LogP contribution is 2.34. The lowest BCUT2D eigenvalue weighted by atomic mass is 9.97. The lowest BCUT2D eigenvalue weighted by Gasteiger charge is -2.38. The molecule has 2 atom stereocenters. The van der Waals surface area contributed by atoms with E-state index in [1.807, 2.05) is 26.8 Å². The number of halogens is 1. The molecule has 2 unspecified atom stereocenters. The number of hydrogen-bond acceptors (Lipinski definition) is 3. The maximum atomic E-state index is 6.37. The Hall–Kier alpha value is -0.950. The van der Waals surface area contributed by atoms with E-state index in [4.69, 9.17) is 9.68 Å². The summed E-state index contributed by atoms with van der Waals surface area (Å²) < 4.78 is 1.01. The van der Waals surface area contributed by atoms with Gasteiger partial charge in [0.15, 0.2) is 0 Å². The Morgan fingerprint density at radius 2 is 1.48 bits per heavy atom. The van der Waals surface area contributed by atoms with Crippen LogP contribution in [0.1, 0.15) is 70.4 Å². The topological polar surface area (TPSA) is 21.7 Å². The minimum absolute atomic E-state index is 0.00138. The number of nitrogens with zero attached hydrogens (tertiary/aromatic N) is 1. The maximum absolute atomic E-state index is 6.37. The van der Waals surface area contributed by atoms with Crippen LogP contribution in [-0.2, 0) is 14.1 Å². The molecule has 0 spiro atoms. The minimum Gasteiger partial charge on any atom is -0.268 e. The van der Waals surface area contributed by atoms with Crippen molar-refractivity contribution in [1.82, 2.24) is 5.23 Å². The quantitative estimate of drug-likeness (QED) is 0.229. The van der Waals surface area contributed by atoms with Gasteiger partial charge in [0.25, 0.3) is 0 Å². The first kappa shape index (κ1) is 22.3. The van der Waals surface area contributed by atoms with E-state index in [0.717, 1.165) is 9.99 Å². The lowest BCUT2D eigenvalue weighted by Crippen LogP contribution is -2.39. The van der Waals surface area contributed by atoms with E-state index in [0.29, 0.717) is 5.92 Å². The van der Waals surface area contributed by atoms with Crippen LogP contribution in [0.4, 0.5) is 0 Å². The molecule has 0 fully saturated rings. The van der Waals surface area contributed by atoms with E-state index in [2.05, 4.69) is 91.9 Å². The molecule has 0 heterocycles. The molecule has 0 aromatic heterocycles. The Balaban J connectivity index is 2.29. The first-order chi connectivity index (χ1) is 12.7. The van der Waals surface area contributed by atoms with Crippen molar-refractivity contribution in [2.75, 3.05) is 0 Å². The minimum atomic E-state index is -0.354. The van der Waals surface area contributed by atoms with E-state index in [-0.39, 0.29) is 17.7 Å². The molecule has 0 aliphatic carbocycles. The van der Waals surface area contributed by atoms with Gasteiger partial charge in [0.1, 0.15) is 6.10 Å². The van der Waals surface area contributed by atoms with Crippen molar-refractivity contribution in [1.29, 1.82) is 0 Å². The van der Waals surface area contributed by atoms with Crippen molar-refractivity contribution < 1.29 is 9.68 Å². The standard InChI is InChI=1S/C23H32INO2/c1-17(2)22(21-10-8-7-9-11-21)25(27-23(4,5)6)26-18(3)20-14-12-19(16-24)13-15-20/h7-15,17-18,22H,16H2,1-6H3. The van der Waals surface area contributed by atoms with Gasteiger partial charge in [-0.15, -0.1) is 0 Å². The second-order valence-corrected chi connectivity index (χ2v) is 8.97. The van der Waals surface area contributed by atoms with E-state index < -0.39 is 0 Å². The van der Waals surface area contributed by atoms with Crippen molar-refractivity contribution in [3.8, 4) is 0 Å². The van der Waals surface area contributed by atoms with Crippen LogP contribution in [0, 0.1) is 5.92 Å². The number of hydroxylamine groups is 2. The fourth-order valence-electron chi connectivity index (χ4n) is 2.91. The van der Waals surface area contributed by atoms with Gasteiger partial charge >= 0.3 is 0 Å². The van der Waals surface area contributed by atoms with Crippen molar-refractivity contribution in [2.45, 2.75) is 63.7 Å². The van der Waals surface area contributed by atoms with Gasteiger partial charge < -0.3 is 0 Å². The van der Waals surface area contributed by atoms with Gasteiger partial charge in [-0.3, -0.25) is 9.68 Å². The average Bonchev–Trinajstić information content (AvgIpc) is 2.61. The molecule has 2 rings (SSSR count). The lowest BCUT2D eigenvalue weighted by molar-refractivity contribution is -0.440. The molecule has 27 heavy (non-hydrogen) atoms. The molecule has 4 heteroatoms. The third kappa shape index (κ3) is 6.86. The number of alkyl halides is 1. The average molecular weight is 481 g/mol. The maximum Gasteiger partial charge on any atom is 0.104 e. The Kier molecular flexibility index (Phi) is 8.28. The molecule has 0 saturated heterocycles. The monoisotopic (exact) mass is 481 g/mol. The number of hydrogen-bond donors (Lipinski definition) is 0. The summed E-state index contributed by atoms with van der Waals surface area (Å²) in [7, 11) is 0. The third-order valence-corrected chi connectivity index (χ3v) is 5.11. The zero-order valence-corrected chi connectivity index (χ0v) is 19.4. The van der Waals surface area contributed by atoms with Gasteiger partial charge in [-0.25, -0.2) is 0 Å². The smallest absolute Gasteiger partial charge is 0.104 e. The van der Waals surface area contributed by atoms with Crippen LogP contribution >= 0.6 is 22.6 Å². The van der Waals surface area contributed by atoms with E-state index in [9.17, 15) is 0 Å². The van der Waals surface area contributed by atoms with Crippen molar-refractivity contribution in [3.63, 3.8) is 0 Å². The van der Waals surface area contributed by atoms with E-state index in [1.54, 1.807) is 5.23 Å². The van der Waals surface area contributed by atoms with Crippen LogP contribution in [0.5, 0.6) is 0 Å². The summed E-state index contributed by atoms with van der Waals surface area (Å²) in [6, 6.07) is 19.0. The van der Waals surface area contributed by atoms with Crippen LogP contribution < -0.4 is 0 Å². The molecule has 148 valence electrons. The van der Waals surface area contributed by atoms with Gasteiger partial charge in [0.05, 0.1) is 11.6 Å². The fourth-order valence-corrected chi connectivity index (χ4v) is 3.42. The summed E-state index contributed by atoms with van der Waals surface area (Å²) in [5.74, 6) is 0.323. The Labute approximate surface area is 178 Å². The van der Waals surface area contributed by atoms with Crippen molar-refractivity contribution in [3.05, 3.63) is 71.3 Å². The van der Waals surface area contributed by atoms with Gasteiger partial charge in [0, 0.05) is 4.43 Å². The molecule has 0 saturated carbocycles. The normalized spacial score (nSPS) is 14.6. The Morgan fingerprint density at radius 1 is 0.889 bits per heavy atom. The van der Waals surface area contributed by atoms with Gasteiger partial charge in [-0.05, 0) is 50.3 Å². The predicted molar refractivity (Wildman–Crippen MR) is 120 cm³/mol. The molecule has 0 aliphatic rings. The molecular formula is C23H32INO2. The first-order valence-electron chi connectivity index (χ1n) is 9.56. The SMILES string of the molecule is CC(ON(OC(C)(C)C)C(c1ccccc1)C(C)C)c1ccc(CI)cc1. The summed E-state index contributed by atoms with van der Waals surface area (Å²) in [6.07, 6.45) is -0.111. The van der Waals surface area contributed by atoms with Gasteiger partial charge in [-0.1, -0.05) is 96.3 Å². The van der Waals surface area contributed by atoms with Gasteiger partial charge in [-0.2, -0.15) is 0 Å². The molecule has 0 amide bonds. The highest BCUT2D eigenvalue weighted by molar-refractivity contribution is 14.1. The third-order valence-electron chi connectivity index (χ3n) is 4.23. The Morgan fingerprint density at radius 3 is 1.96 bits per heavy atom. The molecule has 2 aromatic carbocycles. The molecular weight excluding hydrogens is 449 g/mol. The summed E-state index contributed by atoms with van der Waals surface area (Å²) in [5.41, 5.74) is 3.29. The van der Waals surface area contributed by atoms with E-state index >= 15 is 0 Å². The molecule has 2 aromatic rings. The summed E-state index contributed by atoms with van der Waals surface area (Å²) in [6.45, 7) is 12.6. The molecule has 0 bridgehead atoms. The van der Waals surface area contributed by atoms with Crippen LogP contribution in [-0.4, -0.2) is 10.8 Å². The van der Waals surface area contributed by atoms with Crippen LogP contribution in [0.15, 0.2) is 54.6 Å². The molecule has 0 N–H and O–H groups in total. The highest BCUT2D eigenvalue weighted by Gasteiger charge is 2.31. The molecule has 3 nitrogen and oxygen atoms in total. The van der Waals surface area contributed by atoms with Crippen LogP contribution in [0.2, 0.25) is 0 Å². The largest absolute Gasteiger partial charge is 0.268 e. The molecule has 0 aliphatic heterocycles. The van der Waals surface area contributed by atoms with E-state index in [1.165, 1.54) is 11.1 Å². The summed E-state index contributed by atoms with van der Waals surface area (Å²) in [4.78, 5) is 12.6. The van der Waals surface area contributed by atoms with Crippen molar-refractivity contribution in [2.24, 2.45) is 5.92 Å². The second-order valence-electron chi connectivity index (χ2n) is 8.21.